The van der Waals surface area contributed by atoms with Gasteiger partial charge >= 0.3 is 0 Å². The second-order valence-electron chi connectivity index (χ2n) is 5.04. The third-order valence-corrected chi connectivity index (χ3v) is 3.74. The molecule has 0 bridgehead atoms. The highest BCUT2D eigenvalue weighted by Gasteiger charge is 2.23. The highest BCUT2D eigenvalue weighted by molar-refractivity contribution is 5.46. The molecule has 2 N–H and O–H groups in total. The number of hydrogen-bond acceptors (Lipinski definition) is 2. The van der Waals surface area contributed by atoms with E-state index in [0.29, 0.717) is 11.6 Å². The maximum absolute atomic E-state index is 13.6. The largest absolute Gasteiger partial charge is 0.372 e. The van der Waals surface area contributed by atoms with Crippen molar-refractivity contribution in [2.45, 2.75) is 31.7 Å². The van der Waals surface area contributed by atoms with Crippen molar-refractivity contribution in [2.24, 2.45) is 11.7 Å². The van der Waals surface area contributed by atoms with Crippen LogP contribution in [0.4, 0.5) is 10.1 Å². The van der Waals surface area contributed by atoms with Gasteiger partial charge in [0, 0.05) is 19.6 Å². The van der Waals surface area contributed by atoms with Gasteiger partial charge in [0.1, 0.15) is 5.82 Å². The zero-order chi connectivity index (χ0) is 12.3. The minimum absolute atomic E-state index is 0.153. The minimum atomic E-state index is -0.153. The van der Waals surface area contributed by atoms with Gasteiger partial charge in [-0.2, -0.15) is 0 Å². The molecule has 0 spiro atoms. The van der Waals surface area contributed by atoms with E-state index >= 15 is 0 Å². The third kappa shape index (κ3) is 2.97. The Bertz CT molecular complexity index is 367. The Kier molecular flexibility index (Phi) is 4.00. The van der Waals surface area contributed by atoms with Crippen LogP contribution in [-0.2, 0) is 0 Å². The molecule has 94 valence electrons. The molecule has 0 radical (unpaired) electrons. The molecule has 1 aliphatic rings. The van der Waals surface area contributed by atoms with E-state index in [0.717, 1.165) is 13.0 Å². The number of rotatable bonds is 3. The van der Waals surface area contributed by atoms with E-state index in [9.17, 15) is 4.39 Å². The Morgan fingerprint density at radius 2 is 2.00 bits per heavy atom. The van der Waals surface area contributed by atoms with Crippen LogP contribution in [0.1, 0.15) is 25.7 Å². The van der Waals surface area contributed by atoms with Crippen molar-refractivity contribution in [2.75, 3.05) is 18.5 Å². The topological polar surface area (TPSA) is 29.3 Å². The molecule has 0 amide bonds. The van der Waals surface area contributed by atoms with Gasteiger partial charge < -0.3 is 10.6 Å². The van der Waals surface area contributed by atoms with Crippen molar-refractivity contribution in [3.05, 3.63) is 30.1 Å². The van der Waals surface area contributed by atoms with Gasteiger partial charge in [-0.3, -0.25) is 0 Å². The summed E-state index contributed by atoms with van der Waals surface area (Å²) in [5.74, 6) is 0.340. The summed E-state index contributed by atoms with van der Waals surface area (Å²) in [6.07, 6.45) is 4.76. The lowest BCUT2D eigenvalue weighted by molar-refractivity contribution is 0.311. The summed E-state index contributed by atoms with van der Waals surface area (Å²) in [6, 6.07) is 7.20. The molecule has 3 heteroatoms. The number of halogens is 1. The second kappa shape index (κ2) is 5.50. The van der Waals surface area contributed by atoms with E-state index in [1.807, 2.05) is 24.1 Å². The number of nitrogens with zero attached hydrogens (tertiary/aromatic N) is 1. The molecule has 17 heavy (non-hydrogen) atoms. The molecule has 2 nitrogen and oxygen atoms in total. The van der Waals surface area contributed by atoms with Gasteiger partial charge in [0.15, 0.2) is 0 Å². The van der Waals surface area contributed by atoms with Gasteiger partial charge in [-0.15, -0.1) is 0 Å². The van der Waals surface area contributed by atoms with Crippen molar-refractivity contribution < 1.29 is 4.39 Å². The van der Waals surface area contributed by atoms with Crippen LogP contribution in [0.5, 0.6) is 0 Å². The number of benzene rings is 1. The van der Waals surface area contributed by atoms with Crippen LogP contribution in [0.2, 0.25) is 0 Å². The molecule has 1 aromatic carbocycles. The number of para-hydroxylation sites is 1. The number of anilines is 1. The van der Waals surface area contributed by atoms with Crippen LogP contribution in [0.3, 0.4) is 0 Å². The van der Waals surface area contributed by atoms with Gasteiger partial charge in [-0.05, 0) is 30.9 Å². The zero-order valence-corrected chi connectivity index (χ0v) is 10.4. The third-order valence-electron chi connectivity index (χ3n) is 3.74. The zero-order valence-electron chi connectivity index (χ0n) is 10.4. The summed E-state index contributed by atoms with van der Waals surface area (Å²) < 4.78 is 13.6. The molecule has 1 aromatic rings. The van der Waals surface area contributed by atoms with Crippen LogP contribution in [0, 0.1) is 11.7 Å². The standard InChI is InChI=1S/C14H21FN2/c1-17(14-9-5-3-7-12(14)15)10-11-6-2-4-8-13(11)16/h3,5,7,9,11,13H,2,4,6,8,10,16H2,1H3. The molecular formula is C14H21FN2. The second-order valence-corrected chi connectivity index (χ2v) is 5.04. The first kappa shape index (κ1) is 12.4. The Morgan fingerprint density at radius 3 is 2.71 bits per heavy atom. The summed E-state index contributed by atoms with van der Waals surface area (Å²) in [4.78, 5) is 1.99. The Hall–Kier alpha value is -1.09. The minimum Gasteiger partial charge on any atom is -0.372 e. The highest BCUT2D eigenvalue weighted by Crippen LogP contribution is 2.26. The Balaban J connectivity index is 2.01. The molecular weight excluding hydrogens is 215 g/mol. The Morgan fingerprint density at radius 1 is 1.29 bits per heavy atom. The van der Waals surface area contributed by atoms with Crippen molar-refractivity contribution in [3.63, 3.8) is 0 Å². The van der Waals surface area contributed by atoms with Crippen molar-refractivity contribution in [1.29, 1.82) is 0 Å². The molecule has 0 aliphatic heterocycles. The fraction of sp³-hybridized carbons (Fsp3) is 0.571. The molecule has 2 unspecified atom stereocenters. The van der Waals surface area contributed by atoms with E-state index in [2.05, 4.69) is 0 Å². The van der Waals surface area contributed by atoms with Gasteiger partial charge in [-0.25, -0.2) is 4.39 Å². The lowest BCUT2D eigenvalue weighted by Gasteiger charge is -2.33. The predicted octanol–water partition coefficient (Wildman–Crippen LogP) is 2.78. The summed E-state index contributed by atoms with van der Waals surface area (Å²) in [5.41, 5.74) is 6.79. The first-order chi connectivity index (χ1) is 8.18. The van der Waals surface area contributed by atoms with E-state index in [-0.39, 0.29) is 11.9 Å². The number of hydrogen-bond donors (Lipinski definition) is 1. The maximum Gasteiger partial charge on any atom is 0.146 e. The first-order valence-corrected chi connectivity index (χ1v) is 6.39. The molecule has 2 rings (SSSR count). The van der Waals surface area contributed by atoms with Crippen LogP contribution in [-0.4, -0.2) is 19.6 Å². The smallest absolute Gasteiger partial charge is 0.146 e. The summed E-state index contributed by atoms with van der Waals surface area (Å²) >= 11 is 0. The van der Waals surface area contributed by atoms with Crippen LogP contribution in [0.25, 0.3) is 0 Å². The van der Waals surface area contributed by atoms with Crippen molar-refractivity contribution in [3.8, 4) is 0 Å². The fourth-order valence-electron chi connectivity index (χ4n) is 2.67. The van der Waals surface area contributed by atoms with Crippen molar-refractivity contribution in [1.82, 2.24) is 0 Å². The molecule has 0 heterocycles. The van der Waals surface area contributed by atoms with Crippen molar-refractivity contribution >= 4 is 5.69 Å². The lowest BCUT2D eigenvalue weighted by Crippen LogP contribution is -2.40. The van der Waals surface area contributed by atoms with Gasteiger partial charge in [0.05, 0.1) is 5.69 Å². The lowest BCUT2D eigenvalue weighted by atomic mass is 9.85. The molecule has 2 atom stereocenters. The summed E-state index contributed by atoms with van der Waals surface area (Å²) in [5, 5.41) is 0. The summed E-state index contributed by atoms with van der Waals surface area (Å²) in [7, 11) is 1.94. The van der Waals surface area contributed by atoms with Gasteiger partial charge in [0.2, 0.25) is 0 Å². The quantitative estimate of drug-likeness (QED) is 0.874. The van der Waals surface area contributed by atoms with Crippen LogP contribution >= 0.6 is 0 Å². The van der Waals surface area contributed by atoms with Gasteiger partial charge in [0.25, 0.3) is 0 Å². The molecule has 0 saturated heterocycles. The SMILES string of the molecule is CN(CC1CCCCC1N)c1ccccc1F. The average Bonchev–Trinajstić information content (AvgIpc) is 2.32. The molecule has 1 fully saturated rings. The number of nitrogens with two attached hydrogens (primary N) is 1. The van der Waals surface area contributed by atoms with E-state index in [1.165, 1.54) is 25.3 Å². The molecule has 0 aromatic heterocycles. The van der Waals surface area contributed by atoms with Crippen LogP contribution in [0.15, 0.2) is 24.3 Å². The Labute approximate surface area is 103 Å². The first-order valence-electron chi connectivity index (χ1n) is 6.39. The van der Waals surface area contributed by atoms with E-state index < -0.39 is 0 Å². The van der Waals surface area contributed by atoms with Gasteiger partial charge in [-0.1, -0.05) is 25.0 Å². The van der Waals surface area contributed by atoms with E-state index in [1.54, 1.807) is 6.07 Å². The molecule has 1 aliphatic carbocycles. The normalized spacial score (nSPS) is 24.6. The van der Waals surface area contributed by atoms with Crippen LogP contribution < -0.4 is 10.6 Å². The fourth-order valence-corrected chi connectivity index (χ4v) is 2.67. The predicted molar refractivity (Wildman–Crippen MR) is 69.6 cm³/mol. The monoisotopic (exact) mass is 236 g/mol. The summed E-state index contributed by atoms with van der Waals surface area (Å²) in [6.45, 7) is 0.849. The maximum atomic E-state index is 13.6. The van der Waals surface area contributed by atoms with E-state index in [4.69, 9.17) is 5.73 Å². The highest BCUT2D eigenvalue weighted by atomic mass is 19.1. The molecule has 1 saturated carbocycles. The average molecular weight is 236 g/mol.